The Hall–Kier alpha value is -0.960. The van der Waals surface area contributed by atoms with Gasteiger partial charge in [0.05, 0.1) is 0 Å². The summed E-state index contributed by atoms with van der Waals surface area (Å²) in [6.07, 6.45) is 5.45. The molecular weight excluding hydrogens is 204 g/mol. The van der Waals surface area contributed by atoms with Gasteiger partial charge < -0.3 is 0 Å². The van der Waals surface area contributed by atoms with Gasteiger partial charge in [-0.05, 0) is 37.7 Å². The van der Waals surface area contributed by atoms with Crippen molar-refractivity contribution in [2.24, 2.45) is 5.92 Å². The van der Waals surface area contributed by atoms with Crippen LogP contribution in [-0.2, 0) is 12.8 Å². The number of nitrogens with zero attached hydrogens (tertiary/aromatic N) is 2. The van der Waals surface area contributed by atoms with Gasteiger partial charge in [0.2, 0.25) is 0 Å². The first kappa shape index (κ1) is 9.28. The highest BCUT2D eigenvalue weighted by atomic mass is 32.1. The smallest absolute Gasteiger partial charge is 0.127 e. The molecule has 3 rings (SSSR count). The molecule has 0 amide bonds. The molecule has 0 saturated heterocycles. The van der Waals surface area contributed by atoms with Crippen molar-refractivity contribution in [3.05, 3.63) is 22.5 Å². The second kappa shape index (κ2) is 3.27. The second-order valence-corrected chi connectivity index (χ2v) is 5.57. The molecule has 2 aromatic rings. The van der Waals surface area contributed by atoms with E-state index in [1.165, 1.54) is 35.0 Å². The van der Waals surface area contributed by atoms with Gasteiger partial charge in [0.15, 0.2) is 0 Å². The molecular formula is C12H14N2S. The summed E-state index contributed by atoms with van der Waals surface area (Å²) in [6, 6.07) is 0. The van der Waals surface area contributed by atoms with Crippen LogP contribution in [0.25, 0.3) is 10.2 Å². The molecule has 2 nitrogen and oxygen atoms in total. The number of rotatable bonds is 0. The summed E-state index contributed by atoms with van der Waals surface area (Å²) >= 11 is 1.86. The van der Waals surface area contributed by atoms with E-state index >= 15 is 0 Å². The van der Waals surface area contributed by atoms with Crippen LogP contribution in [0.5, 0.6) is 0 Å². The maximum absolute atomic E-state index is 4.38. The first-order valence-electron chi connectivity index (χ1n) is 5.47. The summed E-state index contributed by atoms with van der Waals surface area (Å²) in [5.41, 5.74) is 2.68. The second-order valence-electron chi connectivity index (χ2n) is 4.49. The fourth-order valence-corrected chi connectivity index (χ4v) is 3.67. The summed E-state index contributed by atoms with van der Waals surface area (Å²) in [7, 11) is 0. The van der Waals surface area contributed by atoms with Gasteiger partial charge in [-0.1, -0.05) is 6.92 Å². The number of fused-ring (bicyclic) bond motifs is 3. The third-order valence-electron chi connectivity index (χ3n) is 3.28. The van der Waals surface area contributed by atoms with Crippen molar-refractivity contribution in [3.8, 4) is 0 Å². The van der Waals surface area contributed by atoms with Gasteiger partial charge in [-0.3, -0.25) is 0 Å². The molecule has 15 heavy (non-hydrogen) atoms. The van der Waals surface area contributed by atoms with Crippen molar-refractivity contribution in [1.29, 1.82) is 0 Å². The van der Waals surface area contributed by atoms with Gasteiger partial charge >= 0.3 is 0 Å². The lowest BCUT2D eigenvalue weighted by Crippen LogP contribution is -2.09. The van der Waals surface area contributed by atoms with Crippen molar-refractivity contribution in [2.45, 2.75) is 33.1 Å². The zero-order valence-electron chi connectivity index (χ0n) is 9.08. The first-order valence-corrected chi connectivity index (χ1v) is 6.29. The number of hydrogen-bond donors (Lipinski definition) is 0. The Kier molecular flexibility index (Phi) is 2.02. The van der Waals surface area contributed by atoms with Gasteiger partial charge in [-0.2, -0.15) is 0 Å². The number of aryl methyl sites for hydroxylation is 2. The predicted molar refractivity (Wildman–Crippen MR) is 63.3 cm³/mol. The normalized spacial score (nSPS) is 20.5. The maximum atomic E-state index is 4.38. The predicted octanol–water partition coefficient (Wildman–Crippen LogP) is 3.12. The van der Waals surface area contributed by atoms with Crippen molar-refractivity contribution in [3.63, 3.8) is 0 Å². The molecule has 0 aliphatic heterocycles. The van der Waals surface area contributed by atoms with E-state index in [-0.39, 0.29) is 0 Å². The Bertz CT molecular complexity index is 516. The summed E-state index contributed by atoms with van der Waals surface area (Å²) in [5.74, 6) is 0.815. The lowest BCUT2D eigenvalue weighted by molar-refractivity contribution is 0.508. The molecule has 2 aromatic heterocycles. The zero-order chi connectivity index (χ0) is 10.4. The van der Waals surface area contributed by atoms with Crippen molar-refractivity contribution in [2.75, 3.05) is 0 Å². The van der Waals surface area contributed by atoms with Crippen LogP contribution < -0.4 is 0 Å². The summed E-state index contributed by atoms with van der Waals surface area (Å²) < 4.78 is 0. The monoisotopic (exact) mass is 218 g/mol. The first-order chi connectivity index (χ1) is 7.25. The molecule has 0 bridgehead atoms. The Morgan fingerprint density at radius 3 is 3.13 bits per heavy atom. The van der Waals surface area contributed by atoms with Crippen molar-refractivity contribution >= 4 is 21.6 Å². The topological polar surface area (TPSA) is 25.8 Å². The molecule has 1 atom stereocenters. The Balaban J connectivity index is 2.30. The van der Waals surface area contributed by atoms with Gasteiger partial charge in [-0.15, -0.1) is 11.3 Å². The SMILES string of the molecule is Cc1ncnc2sc3c(c12)CC(C)CC3. The van der Waals surface area contributed by atoms with Crippen LogP contribution in [0.15, 0.2) is 6.33 Å². The fourth-order valence-electron chi connectivity index (χ4n) is 2.44. The van der Waals surface area contributed by atoms with E-state index in [2.05, 4.69) is 23.8 Å². The van der Waals surface area contributed by atoms with Gasteiger partial charge in [0.1, 0.15) is 11.2 Å². The molecule has 0 saturated carbocycles. The molecule has 0 spiro atoms. The average Bonchev–Trinajstić information content (AvgIpc) is 2.57. The molecule has 0 fully saturated rings. The fraction of sp³-hybridized carbons (Fsp3) is 0.500. The van der Waals surface area contributed by atoms with Crippen LogP contribution >= 0.6 is 11.3 Å². The summed E-state index contributed by atoms with van der Waals surface area (Å²) in [5, 5.41) is 1.34. The van der Waals surface area contributed by atoms with E-state index in [0.29, 0.717) is 0 Å². The van der Waals surface area contributed by atoms with Crippen LogP contribution in [0.2, 0.25) is 0 Å². The molecule has 1 unspecified atom stereocenters. The minimum atomic E-state index is 0.815. The molecule has 1 aliphatic rings. The van der Waals surface area contributed by atoms with Crippen LogP contribution in [-0.4, -0.2) is 9.97 Å². The highest BCUT2D eigenvalue weighted by Crippen LogP contribution is 2.37. The largest absolute Gasteiger partial charge is 0.241 e. The Morgan fingerprint density at radius 2 is 2.27 bits per heavy atom. The van der Waals surface area contributed by atoms with Crippen LogP contribution in [0, 0.1) is 12.8 Å². The van der Waals surface area contributed by atoms with E-state index in [4.69, 9.17) is 0 Å². The van der Waals surface area contributed by atoms with Crippen molar-refractivity contribution < 1.29 is 0 Å². The van der Waals surface area contributed by atoms with E-state index in [9.17, 15) is 0 Å². The molecule has 0 aromatic carbocycles. The summed E-state index contributed by atoms with van der Waals surface area (Å²) in [6.45, 7) is 4.43. The Morgan fingerprint density at radius 1 is 1.40 bits per heavy atom. The molecule has 0 N–H and O–H groups in total. The van der Waals surface area contributed by atoms with E-state index in [1.54, 1.807) is 11.2 Å². The summed E-state index contributed by atoms with van der Waals surface area (Å²) in [4.78, 5) is 11.4. The van der Waals surface area contributed by atoms with Gasteiger partial charge in [0, 0.05) is 16.0 Å². The molecule has 1 aliphatic carbocycles. The average molecular weight is 218 g/mol. The van der Waals surface area contributed by atoms with Crippen LogP contribution in [0.3, 0.4) is 0 Å². The quantitative estimate of drug-likeness (QED) is 0.679. The van der Waals surface area contributed by atoms with E-state index in [0.717, 1.165) is 11.6 Å². The molecule has 0 radical (unpaired) electrons. The van der Waals surface area contributed by atoms with E-state index < -0.39 is 0 Å². The third-order valence-corrected chi connectivity index (χ3v) is 4.48. The number of thiophene rings is 1. The molecule has 3 heteroatoms. The zero-order valence-corrected chi connectivity index (χ0v) is 9.90. The minimum Gasteiger partial charge on any atom is -0.241 e. The minimum absolute atomic E-state index is 0.815. The number of aromatic nitrogens is 2. The highest BCUT2D eigenvalue weighted by molar-refractivity contribution is 7.18. The van der Waals surface area contributed by atoms with Gasteiger partial charge in [-0.25, -0.2) is 9.97 Å². The van der Waals surface area contributed by atoms with Crippen LogP contribution in [0.4, 0.5) is 0 Å². The van der Waals surface area contributed by atoms with E-state index in [1.807, 2.05) is 11.3 Å². The molecule has 78 valence electrons. The standard InChI is InChI=1S/C12H14N2S/c1-7-3-4-10-9(5-7)11-8(2)13-6-14-12(11)15-10/h6-7H,3-5H2,1-2H3. The van der Waals surface area contributed by atoms with Crippen LogP contribution in [0.1, 0.15) is 29.5 Å². The van der Waals surface area contributed by atoms with Gasteiger partial charge in [0.25, 0.3) is 0 Å². The van der Waals surface area contributed by atoms with Crippen molar-refractivity contribution in [1.82, 2.24) is 9.97 Å². The Labute approximate surface area is 93.4 Å². The lowest BCUT2D eigenvalue weighted by atomic mass is 9.88. The maximum Gasteiger partial charge on any atom is 0.127 e. The third kappa shape index (κ3) is 1.37. The lowest BCUT2D eigenvalue weighted by Gasteiger charge is -2.18. The highest BCUT2D eigenvalue weighted by Gasteiger charge is 2.21. The molecule has 2 heterocycles. The number of hydrogen-bond acceptors (Lipinski definition) is 3.